The van der Waals surface area contributed by atoms with Gasteiger partial charge in [0.15, 0.2) is 16.4 Å². The average molecular weight is 469 g/mol. The summed E-state index contributed by atoms with van der Waals surface area (Å²) in [5.41, 5.74) is 2.09. The van der Waals surface area contributed by atoms with Crippen molar-refractivity contribution in [2.75, 3.05) is 18.1 Å². The molecule has 9 heteroatoms. The monoisotopic (exact) mass is 468 g/mol. The lowest BCUT2D eigenvalue weighted by Crippen LogP contribution is -2.17. The van der Waals surface area contributed by atoms with E-state index in [0.29, 0.717) is 29.2 Å². The first-order valence-corrected chi connectivity index (χ1v) is 12.3. The van der Waals surface area contributed by atoms with Gasteiger partial charge in [-0.05, 0) is 50.6 Å². The predicted molar refractivity (Wildman–Crippen MR) is 122 cm³/mol. The summed E-state index contributed by atoms with van der Waals surface area (Å²) in [5, 5.41) is 0. The van der Waals surface area contributed by atoms with E-state index in [2.05, 4.69) is 4.98 Å². The summed E-state index contributed by atoms with van der Waals surface area (Å²) < 4.78 is 36.7. The van der Waals surface area contributed by atoms with Gasteiger partial charge in [-0.3, -0.25) is 9.78 Å². The molecule has 1 fully saturated rings. The number of ether oxygens (including phenoxy) is 2. The molecule has 0 bridgehead atoms. The SMILES string of the molecule is Cc1cc(C(=O)COC(=O)c2ccccc2Oc2cccnc2)c(C)n1C1CCS(=O)(=O)C1. The van der Waals surface area contributed by atoms with Crippen LogP contribution in [0.3, 0.4) is 0 Å². The third-order valence-corrected chi connectivity index (χ3v) is 7.41. The summed E-state index contributed by atoms with van der Waals surface area (Å²) in [7, 11) is -3.06. The van der Waals surface area contributed by atoms with Crippen LogP contribution in [0.25, 0.3) is 0 Å². The Kier molecular flexibility index (Phi) is 6.33. The molecule has 3 heterocycles. The van der Waals surface area contributed by atoms with E-state index in [9.17, 15) is 18.0 Å². The molecule has 1 aromatic carbocycles. The van der Waals surface area contributed by atoms with E-state index >= 15 is 0 Å². The van der Waals surface area contributed by atoms with Crippen molar-refractivity contribution in [3.63, 3.8) is 0 Å². The average Bonchev–Trinajstić information content (AvgIpc) is 3.30. The van der Waals surface area contributed by atoms with Crippen molar-refractivity contribution in [1.82, 2.24) is 9.55 Å². The number of hydrogen-bond donors (Lipinski definition) is 0. The number of Topliss-reactive ketones (excluding diaryl/α,β-unsaturated/α-hetero) is 1. The van der Waals surface area contributed by atoms with Gasteiger partial charge < -0.3 is 14.0 Å². The summed E-state index contributed by atoms with van der Waals surface area (Å²) in [5.74, 6) is -0.0537. The minimum Gasteiger partial charge on any atom is -0.455 e. The molecule has 0 amide bonds. The Morgan fingerprint density at radius 3 is 2.61 bits per heavy atom. The van der Waals surface area contributed by atoms with Crippen LogP contribution in [0.4, 0.5) is 0 Å². The number of aryl methyl sites for hydroxylation is 1. The highest BCUT2D eigenvalue weighted by Gasteiger charge is 2.31. The van der Waals surface area contributed by atoms with Crippen LogP contribution in [0, 0.1) is 13.8 Å². The van der Waals surface area contributed by atoms with Crippen LogP contribution in [0.5, 0.6) is 11.5 Å². The fourth-order valence-corrected chi connectivity index (χ4v) is 5.85. The van der Waals surface area contributed by atoms with Crippen LogP contribution >= 0.6 is 0 Å². The Labute approximate surface area is 192 Å². The first-order valence-electron chi connectivity index (χ1n) is 10.5. The highest BCUT2D eigenvalue weighted by Crippen LogP contribution is 2.29. The molecule has 0 spiro atoms. The Morgan fingerprint density at radius 1 is 1.12 bits per heavy atom. The van der Waals surface area contributed by atoms with Crippen LogP contribution in [0.2, 0.25) is 0 Å². The summed E-state index contributed by atoms with van der Waals surface area (Å²) in [6, 6.07) is 11.6. The summed E-state index contributed by atoms with van der Waals surface area (Å²) >= 11 is 0. The fraction of sp³-hybridized carbons (Fsp3) is 0.292. The van der Waals surface area contributed by atoms with Gasteiger partial charge in [-0.1, -0.05) is 12.1 Å². The number of pyridine rings is 1. The third-order valence-electron chi connectivity index (χ3n) is 5.66. The van der Waals surface area contributed by atoms with Crippen molar-refractivity contribution in [3.05, 3.63) is 77.4 Å². The van der Waals surface area contributed by atoms with Crippen LogP contribution in [-0.2, 0) is 14.6 Å². The van der Waals surface area contributed by atoms with E-state index in [1.54, 1.807) is 55.6 Å². The molecule has 0 saturated carbocycles. The molecular formula is C24H24N2O6S. The quantitative estimate of drug-likeness (QED) is 0.385. The molecule has 172 valence electrons. The molecule has 33 heavy (non-hydrogen) atoms. The zero-order chi connectivity index (χ0) is 23.6. The maximum atomic E-state index is 12.8. The van der Waals surface area contributed by atoms with E-state index in [1.165, 1.54) is 6.20 Å². The zero-order valence-electron chi connectivity index (χ0n) is 18.4. The molecule has 2 aromatic heterocycles. The standard InChI is InChI=1S/C24H24N2O6S/c1-16-12-21(17(2)26(16)18-9-11-33(29,30)15-18)22(27)14-31-24(28)20-7-3-4-8-23(20)32-19-6-5-10-25-13-19/h3-8,10,12-13,18H,9,11,14-15H2,1-2H3. The van der Waals surface area contributed by atoms with E-state index in [4.69, 9.17) is 9.47 Å². The van der Waals surface area contributed by atoms with Crippen LogP contribution in [0.1, 0.15) is 44.6 Å². The minimum atomic E-state index is -3.06. The smallest absolute Gasteiger partial charge is 0.342 e. The second-order valence-corrected chi connectivity index (χ2v) is 10.2. The summed E-state index contributed by atoms with van der Waals surface area (Å²) in [6.45, 7) is 3.18. The molecule has 0 N–H and O–H groups in total. The first kappa shape index (κ1) is 22.7. The van der Waals surface area contributed by atoms with E-state index in [-0.39, 0.29) is 28.9 Å². The van der Waals surface area contributed by atoms with Crippen molar-refractivity contribution < 1.29 is 27.5 Å². The van der Waals surface area contributed by atoms with E-state index in [1.807, 2.05) is 11.5 Å². The van der Waals surface area contributed by atoms with Gasteiger partial charge in [0.05, 0.1) is 17.7 Å². The van der Waals surface area contributed by atoms with Gasteiger partial charge in [-0.25, -0.2) is 13.2 Å². The Hall–Kier alpha value is -3.46. The van der Waals surface area contributed by atoms with Crippen LogP contribution < -0.4 is 4.74 Å². The maximum absolute atomic E-state index is 12.8. The van der Waals surface area contributed by atoms with Crippen molar-refractivity contribution >= 4 is 21.6 Å². The number of para-hydroxylation sites is 1. The second-order valence-electron chi connectivity index (χ2n) is 8.00. The van der Waals surface area contributed by atoms with Gasteiger partial charge in [0.2, 0.25) is 5.78 Å². The third kappa shape index (κ3) is 4.98. The number of hydrogen-bond acceptors (Lipinski definition) is 7. The number of nitrogens with zero attached hydrogens (tertiary/aromatic N) is 2. The van der Waals surface area contributed by atoms with E-state index in [0.717, 1.165) is 5.69 Å². The van der Waals surface area contributed by atoms with Gasteiger partial charge >= 0.3 is 5.97 Å². The van der Waals surface area contributed by atoms with Gasteiger partial charge in [0.25, 0.3) is 0 Å². The molecule has 0 aliphatic carbocycles. The topological polar surface area (TPSA) is 105 Å². The second kappa shape index (κ2) is 9.19. The van der Waals surface area contributed by atoms with Crippen LogP contribution in [-0.4, -0.2) is 47.8 Å². The van der Waals surface area contributed by atoms with Gasteiger partial charge in [-0.2, -0.15) is 0 Å². The van der Waals surface area contributed by atoms with Crippen molar-refractivity contribution in [3.8, 4) is 11.5 Å². The van der Waals surface area contributed by atoms with Crippen molar-refractivity contribution in [1.29, 1.82) is 0 Å². The summed E-state index contributed by atoms with van der Waals surface area (Å²) in [6.07, 6.45) is 3.66. The van der Waals surface area contributed by atoms with Gasteiger partial charge in [0, 0.05) is 29.2 Å². The van der Waals surface area contributed by atoms with Gasteiger partial charge in [-0.15, -0.1) is 0 Å². The highest BCUT2D eigenvalue weighted by molar-refractivity contribution is 7.91. The number of ketones is 1. The van der Waals surface area contributed by atoms with Crippen molar-refractivity contribution in [2.45, 2.75) is 26.3 Å². The molecule has 1 aliphatic rings. The lowest BCUT2D eigenvalue weighted by molar-refractivity contribution is 0.0472. The Bertz CT molecular complexity index is 1300. The first-order chi connectivity index (χ1) is 15.7. The molecular weight excluding hydrogens is 444 g/mol. The van der Waals surface area contributed by atoms with Crippen LogP contribution in [0.15, 0.2) is 54.9 Å². The number of aromatic nitrogens is 2. The number of benzene rings is 1. The molecule has 1 unspecified atom stereocenters. The molecule has 1 atom stereocenters. The highest BCUT2D eigenvalue weighted by atomic mass is 32.2. The maximum Gasteiger partial charge on any atom is 0.342 e. The van der Waals surface area contributed by atoms with E-state index < -0.39 is 22.4 Å². The number of esters is 1. The molecule has 1 saturated heterocycles. The Morgan fingerprint density at radius 2 is 1.91 bits per heavy atom. The lowest BCUT2D eigenvalue weighted by Gasteiger charge is -2.16. The number of rotatable bonds is 7. The van der Waals surface area contributed by atoms with Gasteiger partial charge in [0.1, 0.15) is 17.1 Å². The zero-order valence-corrected chi connectivity index (χ0v) is 19.2. The number of carbonyl (C=O) groups excluding carboxylic acids is 2. The molecule has 8 nitrogen and oxygen atoms in total. The number of sulfone groups is 1. The Balaban J connectivity index is 1.46. The number of carbonyl (C=O) groups is 2. The molecule has 0 radical (unpaired) electrons. The molecule has 4 rings (SSSR count). The largest absolute Gasteiger partial charge is 0.455 e. The molecule has 1 aliphatic heterocycles. The fourth-order valence-electron chi connectivity index (χ4n) is 4.15. The predicted octanol–water partition coefficient (Wildman–Crippen LogP) is 3.69. The lowest BCUT2D eigenvalue weighted by atomic mass is 10.1. The summed E-state index contributed by atoms with van der Waals surface area (Å²) in [4.78, 5) is 29.5. The molecule has 3 aromatic rings. The van der Waals surface area contributed by atoms with Crippen molar-refractivity contribution in [2.24, 2.45) is 0 Å². The normalized spacial score (nSPS) is 17.0. The minimum absolute atomic E-state index is 0.0691.